The number of carbonyl (C=O) groups is 2. The van der Waals surface area contributed by atoms with Gasteiger partial charge in [0.2, 0.25) is 11.8 Å². The van der Waals surface area contributed by atoms with Crippen LogP contribution >= 0.6 is 0 Å². The minimum Gasteiger partial charge on any atom is -0.497 e. The second-order valence-electron chi connectivity index (χ2n) is 9.08. The molecule has 0 aliphatic heterocycles. The minimum atomic E-state index is -4.09. The van der Waals surface area contributed by atoms with Gasteiger partial charge in [-0.1, -0.05) is 43.3 Å². The van der Waals surface area contributed by atoms with E-state index in [0.717, 1.165) is 21.0 Å². The maximum atomic E-state index is 13.9. The Morgan fingerprint density at radius 1 is 0.947 bits per heavy atom. The molecule has 0 radical (unpaired) electrons. The minimum absolute atomic E-state index is 0.0759. The Bertz CT molecular complexity index is 1340. The van der Waals surface area contributed by atoms with Crippen LogP contribution in [0.2, 0.25) is 0 Å². The Balaban J connectivity index is 2.07. The average molecular weight is 538 g/mol. The molecule has 38 heavy (non-hydrogen) atoms. The van der Waals surface area contributed by atoms with E-state index in [1.54, 1.807) is 49.6 Å². The summed E-state index contributed by atoms with van der Waals surface area (Å²) in [6, 6.07) is 19.9. The van der Waals surface area contributed by atoms with Gasteiger partial charge in [-0.3, -0.25) is 13.9 Å². The van der Waals surface area contributed by atoms with Gasteiger partial charge in [0.25, 0.3) is 10.0 Å². The molecular weight excluding hydrogens is 502 g/mol. The molecule has 0 fully saturated rings. The van der Waals surface area contributed by atoms with Crippen LogP contribution in [0.25, 0.3) is 0 Å². The van der Waals surface area contributed by atoms with E-state index in [4.69, 9.17) is 4.74 Å². The number of aryl methyl sites for hydroxylation is 2. The van der Waals surface area contributed by atoms with Gasteiger partial charge in [-0.2, -0.15) is 0 Å². The van der Waals surface area contributed by atoms with Crippen LogP contribution in [0, 0.1) is 13.8 Å². The molecule has 0 saturated heterocycles. The third-order valence-electron chi connectivity index (χ3n) is 6.25. The number of carbonyl (C=O) groups excluding carboxylic acids is 2. The summed E-state index contributed by atoms with van der Waals surface area (Å²) in [4.78, 5) is 28.2. The highest BCUT2D eigenvalue weighted by molar-refractivity contribution is 7.92. The van der Waals surface area contributed by atoms with Crippen LogP contribution in [-0.2, 0) is 26.2 Å². The van der Waals surface area contributed by atoms with E-state index in [-0.39, 0.29) is 17.3 Å². The van der Waals surface area contributed by atoms with E-state index >= 15 is 0 Å². The van der Waals surface area contributed by atoms with Crippen LogP contribution in [0.15, 0.2) is 77.7 Å². The first kappa shape index (κ1) is 28.7. The van der Waals surface area contributed by atoms with Gasteiger partial charge >= 0.3 is 0 Å². The second kappa shape index (κ2) is 12.6. The van der Waals surface area contributed by atoms with E-state index in [2.05, 4.69) is 5.32 Å². The lowest BCUT2D eigenvalue weighted by Gasteiger charge is -2.33. The predicted octanol–water partition coefficient (Wildman–Crippen LogP) is 4.06. The molecule has 0 aliphatic carbocycles. The molecule has 0 aromatic heterocycles. The van der Waals surface area contributed by atoms with Crippen molar-refractivity contribution in [3.63, 3.8) is 0 Å². The van der Waals surface area contributed by atoms with Gasteiger partial charge < -0.3 is 15.0 Å². The molecule has 8 nitrogen and oxygen atoms in total. The molecule has 0 spiro atoms. The number of sulfonamides is 1. The third kappa shape index (κ3) is 6.72. The van der Waals surface area contributed by atoms with Gasteiger partial charge in [-0.25, -0.2) is 8.42 Å². The van der Waals surface area contributed by atoms with Crippen molar-refractivity contribution in [3.8, 4) is 5.75 Å². The summed E-state index contributed by atoms with van der Waals surface area (Å²) in [5.74, 6) is -0.145. The second-order valence-corrected chi connectivity index (χ2v) is 10.9. The zero-order valence-electron chi connectivity index (χ0n) is 22.5. The largest absolute Gasteiger partial charge is 0.497 e. The fourth-order valence-electron chi connectivity index (χ4n) is 4.36. The molecular formula is C29H35N3O5S. The Morgan fingerprint density at radius 3 is 2.08 bits per heavy atom. The normalized spacial score (nSPS) is 11.9. The van der Waals surface area contributed by atoms with Crippen LogP contribution in [0.3, 0.4) is 0 Å². The van der Waals surface area contributed by atoms with Crippen LogP contribution in [0.4, 0.5) is 5.69 Å². The summed E-state index contributed by atoms with van der Waals surface area (Å²) >= 11 is 0. The summed E-state index contributed by atoms with van der Waals surface area (Å²) in [6.45, 7) is 5.22. The SMILES string of the molecule is CCC(C(=O)NC)N(Cc1ccc(OC)cc1)C(=O)CN(c1cc(C)cc(C)c1)S(=O)(=O)c1ccccc1. The van der Waals surface area contributed by atoms with Gasteiger partial charge in [0.05, 0.1) is 17.7 Å². The van der Waals surface area contributed by atoms with Crippen molar-refractivity contribution in [1.82, 2.24) is 10.2 Å². The number of likely N-dealkylation sites (N-methyl/N-ethyl adjacent to an activating group) is 1. The summed E-state index contributed by atoms with van der Waals surface area (Å²) in [5, 5.41) is 2.63. The van der Waals surface area contributed by atoms with Crippen LogP contribution < -0.4 is 14.4 Å². The number of ether oxygens (including phenoxy) is 1. The lowest BCUT2D eigenvalue weighted by atomic mass is 10.1. The number of rotatable bonds is 11. The van der Waals surface area contributed by atoms with E-state index < -0.39 is 28.5 Å². The number of methoxy groups -OCH3 is 1. The summed E-state index contributed by atoms with van der Waals surface area (Å²) in [7, 11) is -1.00. The third-order valence-corrected chi connectivity index (χ3v) is 8.04. The summed E-state index contributed by atoms with van der Waals surface area (Å²) < 4.78 is 34.0. The Hall–Kier alpha value is -3.85. The van der Waals surface area contributed by atoms with Gasteiger partial charge in [0.15, 0.2) is 0 Å². The molecule has 0 aliphatic rings. The van der Waals surface area contributed by atoms with Crippen LogP contribution in [0.1, 0.15) is 30.0 Å². The van der Waals surface area contributed by atoms with Crippen LogP contribution in [0.5, 0.6) is 5.75 Å². The molecule has 0 heterocycles. The van der Waals surface area contributed by atoms with Crippen molar-refractivity contribution in [3.05, 3.63) is 89.5 Å². The van der Waals surface area contributed by atoms with Crippen molar-refractivity contribution >= 4 is 27.5 Å². The van der Waals surface area contributed by atoms with Gasteiger partial charge in [0.1, 0.15) is 18.3 Å². The molecule has 2 amide bonds. The van der Waals surface area contributed by atoms with E-state index in [9.17, 15) is 18.0 Å². The molecule has 1 atom stereocenters. The number of hydrogen-bond acceptors (Lipinski definition) is 5. The summed E-state index contributed by atoms with van der Waals surface area (Å²) in [5.41, 5.74) is 2.91. The van der Waals surface area contributed by atoms with Crippen molar-refractivity contribution in [1.29, 1.82) is 0 Å². The van der Waals surface area contributed by atoms with Crippen molar-refractivity contribution < 1.29 is 22.7 Å². The number of hydrogen-bond donors (Lipinski definition) is 1. The standard InChI is InChI=1S/C29H35N3O5S/c1-6-27(29(34)30-4)31(19-23-12-14-25(37-5)15-13-23)28(33)20-32(24-17-21(2)16-22(3)18-24)38(35,36)26-10-8-7-9-11-26/h7-18,27H,6,19-20H2,1-5H3,(H,30,34). The Morgan fingerprint density at radius 2 is 1.55 bits per heavy atom. The topological polar surface area (TPSA) is 96.0 Å². The average Bonchev–Trinajstić information content (AvgIpc) is 2.91. The zero-order chi connectivity index (χ0) is 27.9. The summed E-state index contributed by atoms with van der Waals surface area (Å²) in [6.07, 6.45) is 0.358. The lowest BCUT2D eigenvalue weighted by Crippen LogP contribution is -2.51. The number of anilines is 1. The molecule has 0 saturated carbocycles. The molecule has 3 aromatic rings. The van der Waals surface area contributed by atoms with E-state index in [0.29, 0.717) is 17.9 Å². The lowest BCUT2D eigenvalue weighted by molar-refractivity contribution is -0.140. The maximum absolute atomic E-state index is 13.9. The van der Waals surface area contributed by atoms with Crippen LogP contribution in [-0.4, -0.2) is 51.9 Å². The molecule has 0 bridgehead atoms. The highest BCUT2D eigenvalue weighted by atomic mass is 32.2. The Kier molecular flexibility index (Phi) is 9.52. The first-order valence-corrected chi connectivity index (χ1v) is 13.8. The van der Waals surface area contributed by atoms with Gasteiger partial charge in [0, 0.05) is 13.6 Å². The highest BCUT2D eigenvalue weighted by Gasteiger charge is 2.33. The first-order valence-electron chi connectivity index (χ1n) is 12.4. The molecule has 3 rings (SSSR count). The maximum Gasteiger partial charge on any atom is 0.264 e. The van der Waals surface area contributed by atoms with Crippen molar-refractivity contribution in [2.75, 3.05) is 25.0 Å². The molecule has 202 valence electrons. The molecule has 3 aromatic carbocycles. The monoisotopic (exact) mass is 537 g/mol. The molecule has 9 heteroatoms. The first-order chi connectivity index (χ1) is 18.1. The van der Waals surface area contributed by atoms with Gasteiger partial charge in [-0.05, 0) is 73.4 Å². The van der Waals surface area contributed by atoms with Crippen molar-refractivity contribution in [2.24, 2.45) is 0 Å². The van der Waals surface area contributed by atoms with E-state index in [1.165, 1.54) is 24.1 Å². The zero-order valence-corrected chi connectivity index (χ0v) is 23.3. The number of nitrogens with zero attached hydrogens (tertiary/aromatic N) is 2. The van der Waals surface area contributed by atoms with Gasteiger partial charge in [-0.15, -0.1) is 0 Å². The smallest absolute Gasteiger partial charge is 0.264 e. The Labute approximate surface area is 225 Å². The van der Waals surface area contributed by atoms with Crippen molar-refractivity contribution in [2.45, 2.75) is 44.7 Å². The number of amides is 2. The predicted molar refractivity (Wildman–Crippen MR) is 149 cm³/mol. The molecule has 1 unspecified atom stereocenters. The highest BCUT2D eigenvalue weighted by Crippen LogP contribution is 2.27. The fourth-order valence-corrected chi connectivity index (χ4v) is 5.78. The quantitative estimate of drug-likeness (QED) is 0.398. The van der Waals surface area contributed by atoms with E-state index in [1.807, 2.05) is 39.0 Å². The number of nitrogens with one attached hydrogen (secondary N) is 1. The number of benzene rings is 3. The molecule has 1 N–H and O–H groups in total. The fraction of sp³-hybridized carbons (Fsp3) is 0.310.